The maximum absolute atomic E-state index is 2.24. The van der Waals surface area contributed by atoms with E-state index in [1.54, 1.807) is 0 Å². The Morgan fingerprint density at radius 1 is 0.429 bits per heavy atom. The number of allylic oxidation sites excluding steroid dienone is 10. The van der Waals surface area contributed by atoms with Gasteiger partial charge in [0.2, 0.25) is 0 Å². The first kappa shape index (κ1) is 10.8. The molecule has 0 N–H and O–H groups in total. The highest BCUT2D eigenvalue weighted by Gasteiger charge is 1.76. The first-order valence-corrected chi connectivity index (χ1v) is 5.28. The van der Waals surface area contributed by atoms with E-state index < -0.39 is 0 Å². The molecule has 0 heteroatoms. The van der Waals surface area contributed by atoms with Gasteiger partial charge in [-0.2, -0.15) is 0 Å². The molecule has 0 aromatic carbocycles. The molecule has 0 spiro atoms. The van der Waals surface area contributed by atoms with Gasteiger partial charge in [-0.05, 0) is 25.7 Å². The maximum atomic E-state index is 2.24. The lowest BCUT2D eigenvalue weighted by Gasteiger charge is -1.87. The highest BCUT2D eigenvalue weighted by Crippen LogP contribution is 1.97. The van der Waals surface area contributed by atoms with Gasteiger partial charge in [0.1, 0.15) is 0 Å². The fraction of sp³-hybridized carbons (Fsp3) is 0.286. The van der Waals surface area contributed by atoms with E-state index in [0.29, 0.717) is 0 Å². The Bertz CT molecular complexity index is 262. The van der Waals surface area contributed by atoms with Gasteiger partial charge >= 0.3 is 0 Å². The second-order valence-electron chi connectivity index (χ2n) is 3.23. The van der Waals surface area contributed by atoms with Crippen LogP contribution in [0.1, 0.15) is 25.7 Å². The monoisotopic (exact) mass is 186 g/mol. The topological polar surface area (TPSA) is 0 Å². The van der Waals surface area contributed by atoms with Crippen molar-refractivity contribution >= 4 is 0 Å². The molecule has 0 amide bonds. The molecule has 0 atom stereocenters. The van der Waals surface area contributed by atoms with Crippen molar-refractivity contribution < 1.29 is 0 Å². The molecular weight excluding hydrogens is 168 g/mol. The van der Waals surface area contributed by atoms with Crippen LogP contribution in [0.3, 0.4) is 0 Å². The zero-order chi connectivity index (χ0) is 9.90. The van der Waals surface area contributed by atoms with Crippen molar-refractivity contribution in [3.63, 3.8) is 0 Å². The molecule has 0 aromatic rings. The summed E-state index contributed by atoms with van der Waals surface area (Å²) in [7, 11) is 0. The predicted octanol–water partition coefficient (Wildman–Crippen LogP) is 4.34. The zero-order valence-electron chi connectivity index (χ0n) is 8.60. The first-order chi connectivity index (χ1) is 7.00. The minimum Gasteiger partial charge on any atom is -0.0879 e. The zero-order valence-corrected chi connectivity index (χ0v) is 8.60. The number of hydrogen-bond donors (Lipinski definition) is 0. The summed E-state index contributed by atoms with van der Waals surface area (Å²) in [6.07, 6.45) is 26.0. The maximum Gasteiger partial charge on any atom is -0.0163 e. The standard InChI is InChI=1S/C14H18/c1-2-4-6-8-10-12-14-13-11-9-7-5-3-1/h1-4,7-11,13H,5-6,12,14H2/b3-1-,4-2?,9-7-,10-8+,13-11+. The quantitative estimate of drug-likeness (QED) is 0.494. The van der Waals surface area contributed by atoms with Crippen LogP contribution < -0.4 is 0 Å². The Labute approximate surface area is 87.0 Å². The molecule has 1 aliphatic rings. The third-order valence-electron chi connectivity index (χ3n) is 1.98. The van der Waals surface area contributed by atoms with Gasteiger partial charge in [-0.1, -0.05) is 60.8 Å². The molecule has 0 aromatic heterocycles. The molecule has 1 aliphatic carbocycles. The molecule has 0 saturated carbocycles. The van der Waals surface area contributed by atoms with Crippen LogP contribution in [-0.4, -0.2) is 0 Å². The van der Waals surface area contributed by atoms with E-state index in [4.69, 9.17) is 0 Å². The van der Waals surface area contributed by atoms with Crippen molar-refractivity contribution in [3.8, 4) is 0 Å². The molecule has 0 nitrogen and oxygen atoms in total. The summed E-state index contributed by atoms with van der Waals surface area (Å²) in [6, 6.07) is 0. The average Bonchev–Trinajstić information content (AvgIpc) is 2.22. The van der Waals surface area contributed by atoms with Crippen molar-refractivity contribution in [3.05, 3.63) is 60.8 Å². The van der Waals surface area contributed by atoms with E-state index in [9.17, 15) is 0 Å². The largest absolute Gasteiger partial charge is 0.0879 e. The third-order valence-corrected chi connectivity index (χ3v) is 1.98. The van der Waals surface area contributed by atoms with Crippen molar-refractivity contribution in [2.45, 2.75) is 25.7 Å². The second-order valence-corrected chi connectivity index (χ2v) is 3.23. The Balaban J connectivity index is 2.45. The van der Waals surface area contributed by atoms with Crippen LogP contribution in [0, 0.1) is 0 Å². The molecule has 0 bridgehead atoms. The van der Waals surface area contributed by atoms with E-state index in [-0.39, 0.29) is 0 Å². The summed E-state index contributed by atoms with van der Waals surface area (Å²) in [4.78, 5) is 0. The van der Waals surface area contributed by atoms with E-state index >= 15 is 0 Å². The summed E-state index contributed by atoms with van der Waals surface area (Å²) in [6.45, 7) is 0. The van der Waals surface area contributed by atoms with Gasteiger partial charge in [-0.3, -0.25) is 0 Å². The lowest BCUT2D eigenvalue weighted by molar-refractivity contribution is 1.04. The minimum atomic E-state index is 1.02. The lowest BCUT2D eigenvalue weighted by Crippen LogP contribution is -1.66. The molecule has 0 radical (unpaired) electrons. The highest BCUT2D eigenvalue weighted by molar-refractivity contribution is 5.10. The minimum absolute atomic E-state index is 1.02. The Morgan fingerprint density at radius 3 is 1.64 bits per heavy atom. The second kappa shape index (κ2) is 8.31. The van der Waals surface area contributed by atoms with Crippen LogP contribution >= 0.6 is 0 Å². The molecule has 0 saturated heterocycles. The highest BCUT2D eigenvalue weighted by atomic mass is 13.8. The molecule has 74 valence electrons. The van der Waals surface area contributed by atoms with Gasteiger partial charge in [0.25, 0.3) is 0 Å². The molecule has 0 unspecified atom stereocenters. The van der Waals surface area contributed by atoms with Gasteiger partial charge in [-0.25, -0.2) is 0 Å². The average molecular weight is 186 g/mol. The Morgan fingerprint density at radius 2 is 0.929 bits per heavy atom. The van der Waals surface area contributed by atoms with Crippen LogP contribution in [0.25, 0.3) is 0 Å². The van der Waals surface area contributed by atoms with E-state index in [1.807, 2.05) is 0 Å². The number of hydrogen-bond acceptors (Lipinski definition) is 0. The summed E-state index contributed by atoms with van der Waals surface area (Å²) >= 11 is 0. The fourth-order valence-corrected chi connectivity index (χ4v) is 1.21. The van der Waals surface area contributed by atoms with Crippen molar-refractivity contribution in [1.82, 2.24) is 0 Å². The first-order valence-electron chi connectivity index (χ1n) is 5.28. The van der Waals surface area contributed by atoms with Gasteiger partial charge in [0, 0.05) is 0 Å². The molecule has 14 heavy (non-hydrogen) atoms. The number of rotatable bonds is 0. The van der Waals surface area contributed by atoms with Crippen LogP contribution in [-0.2, 0) is 0 Å². The van der Waals surface area contributed by atoms with Crippen molar-refractivity contribution in [2.75, 3.05) is 0 Å². The smallest absolute Gasteiger partial charge is 0.0163 e. The van der Waals surface area contributed by atoms with Gasteiger partial charge < -0.3 is 0 Å². The molecule has 0 fully saturated rings. The van der Waals surface area contributed by atoms with E-state index in [2.05, 4.69) is 60.8 Å². The SMILES string of the molecule is C1=CC/C=C/CC/C=C/C=C\C/C=C\1. The molecule has 0 heterocycles. The Kier molecular flexibility index (Phi) is 6.39. The summed E-state index contributed by atoms with van der Waals surface area (Å²) in [5.41, 5.74) is 0. The van der Waals surface area contributed by atoms with Crippen LogP contribution in [0.2, 0.25) is 0 Å². The van der Waals surface area contributed by atoms with E-state index in [0.717, 1.165) is 25.7 Å². The summed E-state index contributed by atoms with van der Waals surface area (Å²) in [5, 5.41) is 0. The van der Waals surface area contributed by atoms with Gasteiger partial charge in [-0.15, -0.1) is 0 Å². The van der Waals surface area contributed by atoms with Crippen molar-refractivity contribution in [2.24, 2.45) is 0 Å². The van der Waals surface area contributed by atoms with Crippen LogP contribution in [0.15, 0.2) is 60.8 Å². The Hall–Kier alpha value is -1.30. The lowest BCUT2D eigenvalue weighted by atomic mass is 10.2. The normalized spacial score (nSPS) is 27.4. The molecule has 1 rings (SSSR count). The fourth-order valence-electron chi connectivity index (χ4n) is 1.21. The van der Waals surface area contributed by atoms with E-state index in [1.165, 1.54) is 0 Å². The third kappa shape index (κ3) is 6.24. The molecular formula is C14H18. The van der Waals surface area contributed by atoms with Crippen molar-refractivity contribution in [1.29, 1.82) is 0 Å². The van der Waals surface area contributed by atoms with Crippen LogP contribution in [0.5, 0.6) is 0 Å². The van der Waals surface area contributed by atoms with Gasteiger partial charge in [0.05, 0.1) is 0 Å². The molecule has 0 aliphatic heterocycles. The van der Waals surface area contributed by atoms with Gasteiger partial charge in [0.15, 0.2) is 0 Å². The summed E-state index contributed by atoms with van der Waals surface area (Å²) in [5.74, 6) is 0. The summed E-state index contributed by atoms with van der Waals surface area (Å²) < 4.78 is 0. The predicted molar refractivity (Wildman–Crippen MR) is 64.2 cm³/mol. The van der Waals surface area contributed by atoms with Crippen LogP contribution in [0.4, 0.5) is 0 Å².